The number of alkyl halides is 3. The van der Waals surface area contributed by atoms with Gasteiger partial charge in [0.25, 0.3) is 5.56 Å². The normalized spacial score (nSPS) is 11.3. The van der Waals surface area contributed by atoms with E-state index in [1.165, 1.54) is 4.57 Å². The minimum atomic E-state index is -4.55. The number of pyridine rings is 2. The van der Waals surface area contributed by atoms with E-state index in [4.69, 9.17) is 11.6 Å². The number of halogens is 4. The molecule has 2 heterocycles. The van der Waals surface area contributed by atoms with Gasteiger partial charge in [0.2, 0.25) is 0 Å². The van der Waals surface area contributed by atoms with E-state index in [0.717, 1.165) is 29.5 Å². The second-order valence-corrected chi connectivity index (χ2v) is 6.94. The first-order chi connectivity index (χ1) is 14.0. The largest absolute Gasteiger partial charge is 0.433 e. The first kappa shape index (κ1) is 21.4. The number of nitrogens with zero attached hydrogens (tertiary/aromatic N) is 2. The Kier molecular flexibility index (Phi) is 5.84. The summed E-state index contributed by atoms with van der Waals surface area (Å²) in [6.07, 6.45) is -1.99. The highest BCUT2D eigenvalue weighted by Gasteiger charge is 2.32. The van der Waals surface area contributed by atoms with E-state index in [2.05, 4.69) is 15.6 Å². The molecule has 0 aliphatic carbocycles. The average molecular weight is 437 g/mol. The Morgan fingerprint density at radius 2 is 1.77 bits per heavy atom. The van der Waals surface area contributed by atoms with Crippen LogP contribution in [0.1, 0.15) is 11.3 Å². The number of urea groups is 1. The Balaban J connectivity index is 1.78. The Labute approximate surface area is 174 Å². The van der Waals surface area contributed by atoms with Crippen molar-refractivity contribution in [2.45, 2.75) is 13.1 Å². The number of carbonyl (C=O) groups is 1. The average Bonchev–Trinajstić information content (AvgIpc) is 2.67. The van der Waals surface area contributed by atoms with Crippen LogP contribution in [0, 0.1) is 6.92 Å². The van der Waals surface area contributed by atoms with Gasteiger partial charge >= 0.3 is 12.2 Å². The maximum atomic E-state index is 12.6. The van der Waals surface area contributed by atoms with Crippen LogP contribution in [0.3, 0.4) is 0 Å². The molecule has 0 radical (unpaired) electrons. The summed E-state index contributed by atoms with van der Waals surface area (Å²) in [4.78, 5) is 27.3. The van der Waals surface area contributed by atoms with Crippen LogP contribution in [0.4, 0.5) is 29.3 Å². The van der Waals surface area contributed by atoms with Crippen molar-refractivity contribution in [3.05, 3.63) is 75.4 Å². The molecule has 2 amide bonds. The predicted octanol–water partition coefficient (Wildman–Crippen LogP) is 5.07. The van der Waals surface area contributed by atoms with Crippen LogP contribution in [0.15, 0.2) is 53.6 Å². The smallest absolute Gasteiger partial charge is 0.317 e. The lowest BCUT2D eigenvalue weighted by molar-refractivity contribution is -0.141. The number of amides is 2. The molecule has 0 saturated carbocycles. The summed E-state index contributed by atoms with van der Waals surface area (Å²) in [5, 5.41) is 5.10. The van der Waals surface area contributed by atoms with Crippen LogP contribution in [-0.4, -0.2) is 15.6 Å². The van der Waals surface area contributed by atoms with E-state index in [1.807, 2.05) is 6.92 Å². The lowest BCUT2D eigenvalue weighted by Crippen LogP contribution is -2.20. The van der Waals surface area contributed by atoms with Gasteiger partial charge in [0, 0.05) is 24.5 Å². The molecule has 1 aromatic carbocycles. The summed E-state index contributed by atoms with van der Waals surface area (Å²) in [6.45, 7) is 1.87. The van der Waals surface area contributed by atoms with Crippen molar-refractivity contribution in [3.8, 4) is 11.1 Å². The SMILES string of the molecule is Cc1ccc(NC(=O)Nc2ccc(C(F)(F)F)nc2)cc1-c1cc(Cl)c(=O)n(C)c1. The van der Waals surface area contributed by atoms with Gasteiger partial charge in [0.15, 0.2) is 0 Å². The summed E-state index contributed by atoms with van der Waals surface area (Å²) < 4.78 is 39.1. The molecule has 0 bridgehead atoms. The molecule has 156 valence electrons. The molecule has 6 nitrogen and oxygen atoms in total. The van der Waals surface area contributed by atoms with Gasteiger partial charge < -0.3 is 15.2 Å². The monoisotopic (exact) mass is 436 g/mol. The molecule has 0 saturated heterocycles. The molecule has 3 rings (SSSR count). The van der Waals surface area contributed by atoms with Crippen LogP contribution in [0.2, 0.25) is 5.02 Å². The minimum absolute atomic E-state index is 0.0697. The van der Waals surface area contributed by atoms with Crippen LogP contribution in [0.25, 0.3) is 11.1 Å². The van der Waals surface area contributed by atoms with Crippen molar-refractivity contribution in [1.82, 2.24) is 9.55 Å². The first-order valence-corrected chi connectivity index (χ1v) is 9.01. The Morgan fingerprint density at radius 1 is 1.10 bits per heavy atom. The van der Waals surface area contributed by atoms with E-state index in [-0.39, 0.29) is 16.3 Å². The topological polar surface area (TPSA) is 76.0 Å². The minimum Gasteiger partial charge on any atom is -0.317 e. The van der Waals surface area contributed by atoms with Crippen LogP contribution in [-0.2, 0) is 13.2 Å². The summed E-state index contributed by atoms with van der Waals surface area (Å²) >= 11 is 5.99. The number of nitrogens with one attached hydrogen (secondary N) is 2. The Hall–Kier alpha value is -3.33. The van der Waals surface area contributed by atoms with Crippen molar-refractivity contribution < 1.29 is 18.0 Å². The summed E-state index contributed by atoms with van der Waals surface area (Å²) in [7, 11) is 1.58. The highest BCUT2D eigenvalue weighted by Crippen LogP contribution is 2.29. The number of anilines is 2. The number of aromatic nitrogens is 2. The third kappa shape index (κ3) is 4.80. The molecule has 30 heavy (non-hydrogen) atoms. The number of benzene rings is 1. The second-order valence-electron chi connectivity index (χ2n) is 6.53. The van der Waals surface area contributed by atoms with Crippen LogP contribution in [0.5, 0.6) is 0 Å². The van der Waals surface area contributed by atoms with Crippen molar-refractivity contribution in [3.63, 3.8) is 0 Å². The van der Waals surface area contributed by atoms with Gasteiger partial charge in [0.05, 0.1) is 11.9 Å². The number of hydrogen-bond donors (Lipinski definition) is 2. The van der Waals surface area contributed by atoms with Crippen molar-refractivity contribution >= 4 is 29.0 Å². The molecule has 10 heteroatoms. The van der Waals surface area contributed by atoms with Gasteiger partial charge in [-0.15, -0.1) is 0 Å². The predicted molar refractivity (Wildman–Crippen MR) is 109 cm³/mol. The molecule has 2 N–H and O–H groups in total. The zero-order valence-electron chi connectivity index (χ0n) is 15.8. The van der Waals surface area contributed by atoms with Crippen LogP contribution >= 0.6 is 11.6 Å². The van der Waals surface area contributed by atoms with Gasteiger partial charge in [-0.2, -0.15) is 13.2 Å². The second kappa shape index (κ2) is 8.19. The molecular formula is C20H16ClF3N4O2. The summed E-state index contributed by atoms with van der Waals surface area (Å²) in [5.74, 6) is 0. The lowest BCUT2D eigenvalue weighted by Gasteiger charge is -2.13. The number of aryl methyl sites for hydroxylation is 2. The molecule has 2 aromatic heterocycles. The van der Waals surface area contributed by atoms with E-state index in [0.29, 0.717) is 11.3 Å². The number of rotatable bonds is 3. The summed E-state index contributed by atoms with van der Waals surface area (Å²) in [6, 6.07) is 7.95. The molecule has 0 atom stereocenters. The Bertz CT molecular complexity index is 1130. The fourth-order valence-electron chi connectivity index (χ4n) is 2.76. The molecule has 0 spiro atoms. The number of carbonyl (C=O) groups excluding carboxylic acids is 1. The van der Waals surface area contributed by atoms with E-state index >= 15 is 0 Å². The molecular weight excluding hydrogens is 421 g/mol. The summed E-state index contributed by atoms with van der Waals surface area (Å²) in [5.41, 5.74) is 1.51. The maximum absolute atomic E-state index is 12.6. The fourth-order valence-corrected chi connectivity index (χ4v) is 3.01. The van der Waals surface area contributed by atoms with E-state index < -0.39 is 17.9 Å². The van der Waals surface area contributed by atoms with Gasteiger partial charge in [0.1, 0.15) is 10.7 Å². The highest BCUT2D eigenvalue weighted by atomic mass is 35.5. The third-order valence-corrected chi connectivity index (χ3v) is 4.53. The fraction of sp³-hybridized carbons (Fsp3) is 0.150. The van der Waals surface area contributed by atoms with Gasteiger partial charge in [-0.05, 0) is 48.4 Å². The quantitative estimate of drug-likeness (QED) is 0.601. The molecule has 0 aliphatic rings. The van der Waals surface area contributed by atoms with Crippen molar-refractivity contribution in [2.75, 3.05) is 10.6 Å². The highest BCUT2D eigenvalue weighted by molar-refractivity contribution is 6.30. The lowest BCUT2D eigenvalue weighted by atomic mass is 10.0. The van der Waals surface area contributed by atoms with E-state index in [9.17, 15) is 22.8 Å². The maximum Gasteiger partial charge on any atom is 0.433 e. The van der Waals surface area contributed by atoms with Crippen molar-refractivity contribution in [1.29, 1.82) is 0 Å². The zero-order valence-corrected chi connectivity index (χ0v) is 16.6. The first-order valence-electron chi connectivity index (χ1n) is 8.63. The molecule has 3 aromatic rings. The number of hydrogen-bond acceptors (Lipinski definition) is 3. The standard InChI is InChI=1S/C20H16ClF3N4O2/c1-11-3-4-13(8-15(11)12-7-16(21)18(29)28(2)10-12)26-19(30)27-14-5-6-17(25-9-14)20(22,23)24/h3-10H,1-2H3,(H2,26,27,30). The van der Waals surface area contributed by atoms with Crippen LogP contribution < -0.4 is 16.2 Å². The van der Waals surface area contributed by atoms with Gasteiger partial charge in [-0.3, -0.25) is 4.79 Å². The van der Waals surface area contributed by atoms with Gasteiger partial charge in [-0.1, -0.05) is 17.7 Å². The van der Waals surface area contributed by atoms with Crippen molar-refractivity contribution in [2.24, 2.45) is 7.05 Å². The van der Waals surface area contributed by atoms with E-state index in [1.54, 1.807) is 37.5 Å². The molecule has 0 aliphatic heterocycles. The third-order valence-electron chi connectivity index (χ3n) is 4.26. The molecule has 0 fully saturated rings. The zero-order chi connectivity index (χ0) is 22.1. The Morgan fingerprint density at radius 3 is 2.37 bits per heavy atom. The van der Waals surface area contributed by atoms with Gasteiger partial charge in [-0.25, -0.2) is 9.78 Å². The molecule has 0 unspecified atom stereocenters.